The number of nitrogens with one attached hydrogen (secondary N) is 2. The van der Waals surface area contributed by atoms with Gasteiger partial charge in [-0.2, -0.15) is 0 Å². The van der Waals surface area contributed by atoms with Crippen molar-refractivity contribution in [2.24, 2.45) is 5.92 Å². The topological polar surface area (TPSA) is 145 Å². The first kappa shape index (κ1) is 24.9. The molecule has 0 saturated carbocycles. The first-order valence-electron chi connectivity index (χ1n) is 12.2. The first-order valence-corrected chi connectivity index (χ1v) is 12.2. The van der Waals surface area contributed by atoms with Gasteiger partial charge in [0.1, 0.15) is 36.8 Å². The molecule has 4 heterocycles. The van der Waals surface area contributed by atoms with Crippen LogP contribution in [0.2, 0.25) is 0 Å². The summed E-state index contributed by atoms with van der Waals surface area (Å²) in [6.45, 7) is 5.38. The van der Waals surface area contributed by atoms with Crippen LogP contribution in [0.15, 0.2) is 0 Å². The molecule has 192 valence electrons. The fraction of sp³-hybridized carbons (Fsp3) is 0.739. The van der Waals surface area contributed by atoms with Crippen molar-refractivity contribution in [1.82, 2.24) is 25.3 Å². The molecule has 0 aromatic rings. The lowest BCUT2D eigenvalue weighted by molar-refractivity contribution is -0.160. The van der Waals surface area contributed by atoms with E-state index in [2.05, 4.69) is 10.6 Å². The average Bonchev–Trinajstić information content (AvgIpc) is 3.44. The summed E-state index contributed by atoms with van der Waals surface area (Å²) in [6, 6.07) is -3.57. The summed E-state index contributed by atoms with van der Waals surface area (Å²) in [5.41, 5.74) is 0. The zero-order valence-corrected chi connectivity index (χ0v) is 20.3. The Labute approximate surface area is 203 Å². The number of carbonyl (C=O) groups is 6. The van der Waals surface area contributed by atoms with Gasteiger partial charge in [-0.15, -0.1) is 0 Å². The Morgan fingerprint density at radius 1 is 0.886 bits per heavy atom. The maximum Gasteiger partial charge on any atom is 0.329 e. The molecule has 4 fully saturated rings. The normalized spacial score (nSPS) is 35.2. The molecule has 0 spiro atoms. The van der Waals surface area contributed by atoms with Crippen LogP contribution in [0.1, 0.15) is 46.5 Å². The lowest BCUT2D eigenvalue weighted by Gasteiger charge is -2.38. The van der Waals surface area contributed by atoms with Crippen LogP contribution in [0.4, 0.5) is 0 Å². The van der Waals surface area contributed by atoms with Gasteiger partial charge in [0, 0.05) is 19.6 Å². The molecular formula is C23H33N5O7. The lowest BCUT2D eigenvalue weighted by Crippen LogP contribution is -2.65. The molecule has 4 aliphatic rings. The Bertz CT molecular complexity index is 939. The van der Waals surface area contributed by atoms with E-state index in [1.807, 2.05) is 6.92 Å². The maximum absolute atomic E-state index is 13.5. The smallest absolute Gasteiger partial charge is 0.329 e. The van der Waals surface area contributed by atoms with Gasteiger partial charge in [0.15, 0.2) is 0 Å². The largest absolute Gasteiger partial charge is 0.461 e. The van der Waals surface area contributed by atoms with Crippen molar-refractivity contribution in [1.29, 1.82) is 0 Å². The van der Waals surface area contributed by atoms with Crippen LogP contribution in [0.5, 0.6) is 0 Å². The van der Waals surface area contributed by atoms with E-state index in [0.717, 1.165) is 0 Å². The lowest BCUT2D eigenvalue weighted by atomic mass is 10.1. The van der Waals surface area contributed by atoms with Crippen molar-refractivity contribution < 1.29 is 33.5 Å². The second kappa shape index (κ2) is 9.82. The number of fused-ring (bicyclic) bond motifs is 3. The van der Waals surface area contributed by atoms with Gasteiger partial charge in [-0.3, -0.25) is 24.0 Å². The monoisotopic (exact) mass is 491 g/mol. The van der Waals surface area contributed by atoms with Crippen LogP contribution in [0, 0.1) is 5.92 Å². The molecule has 0 aliphatic carbocycles. The highest BCUT2D eigenvalue weighted by atomic mass is 16.5. The van der Waals surface area contributed by atoms with Gasteiger partial charge in [-0.1, -0.05) is 6.92 Å². The number of amides is 5. The molecule has 4 rings (SSSR count). The summed E-state index contributed by atoms with van der Waals surface area (Å²) in [5, 5.41) is 5.26. The second-order valence-corrected chi connectivity index (χ2v) is 10.1. The highest BCUT2D eigenvalue weighted by Crippen LogP contribution is 2.27. The van der Waals surface area contributed by atoms with Gasteiger partial charge in [-0.25, -0.2) is 4.79 Å². The van der Waals surface area contributed by atoms with Crippen molar-refractivity contribution in [2.75, 3.05) is 26.2 Å². The number of hydrogen-bond donors (Lipinski definition) is 2. The third-order valence-corrected chi connectivity index (χ3v) is 7.20. The zero-order valence-electron chi connectivity index (χ0n) is 20.3. The molecule has 0 radical (unpaired) electrons. The number of rotatable bonds is 0. The molecule has 0 aromatic heterocycles. The highest BCUT2D eigenvalue weighted by Gasteiger charge is 2.45. The van der Waals surface area contributed by atoms with Gasteiger partial charge in [0.05, 0.1) is 6.42 Å². The number of carbonyl (C=O) groups excluding carboxylic acids is 6. The third-order valence-electron chi connectivity index (χ3n) is 7.20. The van der Waals surface area contributed by atoms with E-state index in [4.69, 9.17) is 4.74 Å². The third kappa shape index (κ3) is 4.96. The molecule has 0 aromatic carbocycles. The Kier molecular flexibility index (Phi) is 7.00. The molecule has 35 heavy (non-hydrogen) atoms. The molecule has 12 nitrogen and oxygen atoms in total. The standard InChI is InChI=1S/C23H33N5O7/c1-12-7-16-23(34)35-13(2)8-19(30)26-6-4-5-15(26)22(33)28-11-18(29)24-9-17(28)20(31)25-14(3)21(32)27(16)10-12/h12-17H,4-11H2,1-3H3,(H,24,29)(H,25,31)/t12-,13+,14+,15+,16+,17+/m1/s1. The minimum Gasteiger partial charge on any atom is -0.461 e. The average molecular weight is 492 g/mol. The molecule has 0 bridgehead atoms. The summed E-state index contributed by atoms with van der Waals surface area (Å²) in [7, 11) is 0. The van der Waals surface area contributed by atoms with E-state index < -0.39 is 59.9 Å². The second-order valence-electron chi connectivity index (χ2n) is 10.1. The minimum atomic E-state index is -1.02. The van der Waals surface area contributed by atoms with Gasteiger partial charge in [-0.05, 0) is 39.0 Å². The van der Waals surface area contributed by atoms with E-state index in [-0.39, 0.29) is 31.3 Å². The molecule has 4 aliphatic heterocycles. The number of nitrogens with zero attached hydrogens (tertiary/aromatic N) is 3. The summed E-state index contributed by atoms with van der Waals surface area (Å²) < 4.78 is 5.55. The Morgan fingerprint density at radius 3 is 2.37 bits per heavy atom. The predicted molar refractivity (Wildman–Crippen MR) is 120 cm³/mol. The van der Waals surface area contributed by atoms with Gasteiger partial charge in [0.2, 0.25) is 29.5 Å². The molecular weight excluding hydrogens is 458 g/mol. The van der Waals surface area contributed by atoms with Crippen molar-refractivity contribution in [3.8, 4) is 0 Å². The summed E-state index contributed by atoms with van der Waals surface area (Å²) in [6.07, 6.45) is 0.601. The van der Waals surface area contributed by atoms with Crippen molar-refractivity contribution in [3.05, 3.63) is 0 Å². The van der Waals surface area contributed by atoms with Gasteiger partial charge in [0.25, 0.3) is 0 Å². The van der Waals surface area contributed by atoms with Crippen LogP contribution in [0.25, 0.3) is 0 Å². The van der Waals surface area contributed by atoms with Gasteiger partial charge < -0.3 is 30.1 Å². The first-order chi connectivity index (χ1) is 16.6. The molecule has 6 atom stereocenters. The number of cyclic esters (lactones) is 1. The number of hydrogen-bond acceptors (Lipinski definition) is 7. The molecule has 5 amide bonds. The highest BCUT2D eigenvalue weighted by molar-refractivity contribution is 5.98. The number of ether oxygens (including phenoxy) is 1. The Morgan fingerprint density at radius 2 is 1.63 bits per heavy atom. The van der Waals surface area contributed by atoms with Crippen LogP contribution in [0.3, 0.4) is 0 Å². The van der Waals surface area contributed by atoms with Crippen LogP contribution >= 0.6 is 0 Å². The SMILES string of the molecule is C[C@@H]1C[C@H]2C(=O)O[C@@H](C)CC(=O)N3CCC[C@H]3C(=O)N3CC(=O)NC[C@H]3C(=O)N[C@@H](C)C(=O)N2C1. The molecule has 0 unspecified atom stereocenters. The number of piperazine rings is 1. The van der Waals surface area contributed by atoms with Crippen LogP contribution in [-0.2, 0) is 33.5 Å². The quantitative estimate of drug-likeness (QED) is 0.388. The Hall–Kier alpha value is -3.18. The summed E-state index contributed by atoms with van der Waals surface area (Å²) >= 11 is 0. The van der Waals surface area contributed by atoms with Crippen molar-refractivity contribution >= 4 is 35.5 Å². The fourth-order valence-electron chi connectivity index (χ4n) is 5.44. The van der Waals surface area contributed by atoms with E-state index in [0.29, 0.717) is 32.4 Å². The molecule has 12 heteroatoms. The van der Waals surface area contributed by atoms with Crippen molar-refractivity contribution in [2.45, 2.75) is 76.7 Å². The van der Waals surface area contributed by atoms with Crippen molar-refractivity contribution in [3.63, 3.8) is 0 Å². The molecule has 4 saturated heterocycles. The van der Waals surface area contributed by atoms with Gasteiger partial charge >= 0.3 is 5.97 Å². The van der Waals surface area contributed by atoms with Crippen LogP contribution in [-0.4, -0.2) is 107 Å². The number of esters is 1. The van der Waals surface area contributed by atoms with E-state index in [9.17, 15) is 28.8 Å². The molecule has 2 N–H and O–H groups in total. The summed E-state index contributed by atoms with van der Waals surface area (Å²) in [4.78, 5) is 82.0. The maximum atomic E-state index is 13.5. The van der Waals surface area contributed by atoms with E-state index in [1.165, 1.54) is 21.6 Å². The van der Waals surface area contributed by atoms with Crippen LogP contribution < -0.4 is 10.6 Å². The zero-order chi connectivity index (χ0) is 25.4. The fourth-order valence-corrected chi connectivity index (χ4v) is 5.44. The van der Waals surface area contributed by atoms with E-state index >= 15 is 0 Å². The minimum absolute atomic E-state index is 0.0606. The summed E-state index contributed by atoms with van der Waals surface area (Å²) in [5.74, 6) is -2.74. The predicted octanol–water partition coefficient (Wildman–Crippen LogP) is -1.62. The van der Waals surface area contributed by atoms with E-state index in [1.54, 1.807) is 6.92 Å². The Balaban J connectivity index is 1.66.